The maximum atomic E-state index is 12.7. The Morgan fingerprint density at radius 1 is 1.36 bits per heavy atom. The first kappa shape index (κ1) is 20.8. The van der Waals surface area contributed by atoms with Crippen LogP contribution in [0.25, 0.3) is 10.9 Å². The molecule has 0 aliphatic carbocycles. The molecule has 1 aromatic heterocycles. The second-order valence-corrected chi connectivity index (χ2v) is 7.61. The minimum atomic E-state index is -0.0423. The number of ether oxygens (including phenoxy) is 1. The lowest BCUT2D eigenvalue weighted by atomic mass is 10.1. The lowest BCUT2D eigenvalue weighted by molar-refractivity contribution is 0.0367. The van der Waals surface area contributed by atoms with Crippen molar-refractivity contribution in [2.24, 2.45) is 0 Å². The Bertz CT molecular complexity index is 861. The Labute approximate surface area is 171 Å². The molecule has 1 aliphatic heterocycles. The summed E-state index contributed by atoms with van der Waals surface area (Å²) >= 11 is 5.57. The van der Waals surface area contributed by atoms with Crippen LogP contribution in [0.2, 0.25) is 0 Å². The molecule has 7 heteroatoms. The summed E-state index contributed by atoms with van der Waals surface area (Å²) in [4.78, 5) is 20.2. The van der Waals surface area contributed by atoms with Gasteiger partial charge in [-0.3, -0.25) is 9.69 Å². The highest BCUT2D eigenvalue weighted by molar-refractivity contribution is 7.80. The number of rotatable bonds is 7. The minimum Gasteiger partial charge on any atom is -0.379 e. The van der Waals surface area contributed by atoms with E-state index in [-0.39, 0.29) is 5.56 Å². The number of aromatic amines is 1. The topological polar surface area (TPSA) is 60.6 Å². The van der Waals surface area contributed by atoms with Gasteiger partial charge < -0.3 is 19.9 Å². The van der Waals surface area contributed by atoms with Gasteiger partial charge in [0.05, 0.1) is 25.3 Å². The van der Waals surface area contributed by atoms with Crippen molar-refractivity contribution in [1.82, 2.24) is 20.1 Å². The van der Waals surface area contributed by atoms with E-state index in [1.165, 1.54) is 0 Å². The number of nitrogens with one attached hydrogen (secondary N) is 2. The summed E-state index contributed by atoms with van der Waals surface area (Å²) in [7, 11) is 0. The molecule has 6 nitrogen and oxygen atoms in total. The Kier molecular flexibility index (Phi) is 7.42. The van der Waals surface area contributed by atoms with E-state index in [9.17, 15) is 4.79 Å². The number of para-hydroxylation sites is 1. The molecule has 1 aromatic carbocycles. The van der Waals surface area contributed by atoms with Gasteiger partial charge in [-0.25, -0.2) is 0 Å². The summed E-state index contributed by atoms with van der Waals surface area (Å²) < 4.78 is 5.41. The number of hydrogen-bond acceptors (Lipinski definition) is 4. The quantitative estimate of drug-likeness (QED) is 0.693. The SMILES string of the molecule is CCNC(=S)N(CCCN1CCOCC1)Cc1cc2cccc(C)c2[nH]c1=O. The van der Waals surface area contributed by atoms with Crippen molar-refractivity contribution in [3.8, 4) is 0 Å². The van der Waals surface area contributed by atoms with Crippen molar-refractivity contribution in [3.05, 3.63) is 45.7 Å². The molecule has 2 N–H and O–H groups in total. The Morgan fingerprint density at radius 2 is 2.14 bits per heavy atom. The van der Waals surface area contributed by atoms with Crippen molar-refractivity contribution < 1.29 is 4.74 Å². The number of aromatic nitrogens is 1. The number of hydrogen-bond donors (Lipinski definition) is 2. The van der Waals surface area contributed by atoms with Crippen LogP contribution >= 0.6 is 12.2 Å². The number of morpholine rings is 1. The third kappa shape index (κ3) is 5.31. The van der Waals surface area contributed by atoms with E-state index in [2.05, 4.69) is 20.1 Å². The average molecular weight is 403 g/mol. The van der Waals surface area contributed by atoms with Crippen LogP contribution in [0.5, 0.6) is 0 Å². The minimum absolute atomic E-state index is 0.0423. The molecule has 3 rings (SSSR count). The molecule has 0 atom stereocenters. The molecule has 2 aromatic rings. The number of pyridine rings is 1. The Balaban J connectivity index is 1.71. The standard InChI is InChI=1S/C21H30N4O2S/c1-3-22-21(28)25(9-5-8-24-10-12-27-13-11-24)15-18-14-17-7-4-6-16(2)19(17)23-20(18)26/h4,6-7,14H,3,5,8-13,15H2,1-2H3,(H,22,28)(H,23,26). The van der Waals surface area contributed by atoms with Crippen molar-refractivity contribution in [2.75, 3.05) is 45.9 Å². The molecule has 1 saturated heterocycles. The molecular weight excluding hydrogens is 372 g/mol. The van der Waals surface area contributed by atoms with E-state index < -0.39 is 0 Å². The zero-order valence-electron chi connectivity index (χ0n) is 16.8. The molecule has 0 radical (unpaired) electrons. The van der Waals surface area contributed by atoms with Crippen LogP contribution in [0.3, 0.4) is 0 Å². The van der Waals surface area contributed by atoms with Crippen LogP contribution in [-0.4, -0.2) is 65.8 Å². The van der Waals surface area contributed by atoms with Gasteiger partial charge in [0.25, 0.3) is 5.56 Å². The fourth-order valence-electron chi connectivity index (χ4n) is 3.58. The second kappa shape index (κ2) is 10.0. The van der Waals surface area contributed by atoms with Crippen LogP contribution in [0.1, 0.15) is 24.5 Å². The molecule has 152 valence electrons. The number of fused-ring (bicyclic) bond motifs is 1. The summed E-state index contributed by atoms with van der Waals surface area (Å²) in [5, 5.41) is 4.99. The average Bonchev–Trinajstić information content (AvgIpc) is 2.69. The predicted octanol–water partition coefficient (Wildman–Crippen LogP) is 2.26. The number of nitrogens with zero attached hydrogens (tertiary/aromatic N) is 2. The molecule has 0 saturated carbocycles. The fourth-order valence-corrected chi connectivity index (χ4v) is 3.88. The highest BCUT2D eigenvalue weighted by Gasteiger charge is 2.15. The lowest BCUT2D eigenvalue weighted by Crippen LogP contribution is -2.42. The van der Waals surface area contributed by atoms with Gasteiger partial charge in [-0.2, -0.15) is 0 Å². The maximum Gasteiger partial charge on any atom is 0.253 e. The van der Waals surface area contributed by atoms with Gasteiger partial charge in [0.2, 0.25) is 0 Å². The van der Waals surface area contributed by atoms with E-state index in [1.807, 2.05) is 38.1 Å². The number of aryl methyl sites for hydroxylation is 1. The third-order valence-corrected chi connectivity index (χ3v) is 5.55. The van der Waals surface area contributed by atoms with Gasteiger partial charge in [0, 0.05) is 38.3 Å². The van der Waals surface area contributed by atoms with Crippen LogP contribution in [0.15, 0.2) is 29.1 Å². The molecule has 28 heavy (non-hydrogen) atoms. The third-order valence-electron chi connectivity index (χ3n) is 5.15. The first-order valence-corrected chi connectivity index (χ1v) is 10.4. The zero-order chi connectivity index (χ0) is 19.9. The lowest BCUT2D eigenvalue weighted by Gasteiger charge is -2.29. The van der Waals surface area contributed by atoms with Gasteiger partial charge in [-0.1, -0.05) is 18.2 Å². The van der Waals surface area contributed by atoms with Gasteiger partial charge in [0.15, 0.2) is 5.11 Å². The van der Waals surface area contributed by atoms with E-state index in [4.69, 9.17) is 17.0 Å². The van der Waals surface area contributed by atoms with Crippen LogP contribution < -0.4 is 10.9 Å². The summed E-state index contributed by atoms with van der Waals surface area (Å²) in [6, 6.07) is 8.05. The predicted molar refractivity (Wildman–Crippen MR) is 118 cm³/mol. The smallest absolute Gasteiger partial charge is 0.253 e. The monoisotopic (exact) mass is 402 g/mol. The van der Waals surface area contributed by atoms with Gasteiger partial charge in [0.1, 0.15) is 0 Å². The van der Waals surface area contributed by atoms with Crippen LogP contribution in [0, 0.1) is 6.92 Å². The molecule has 0 spiro atoms. The van der Waals surface area contributed by atoms with Crippen molar-refractivity contribution in [3.63, 3.8) is 0 Å². The summed E-state index contributed by atoms with van der Waals surface area (Å²) in [5.41, 5.74) is 2.68. The molecule has 0 unspecified atom stereocenters. The first-order valence-electron chi connectivity index (χ1n) is 10.0. The molecule has 0 amide bonds. The number of H-pyrrole nitrogens is 1. The van der Waals surface area contributed by atoms with E-state index in [0.717, 1.165) is 74.4 Å². The van der Waals surface area contributed by atoms with Crippen LogP contribution in [-0.2, 0) is 11.3 Å². The van der Waals surface area contributed by atoms with Crippen LogP contribution in [0.4, 0.5) is 0 Å². The number of benzene rings is 1. The molecule has 1 aliphatic rings. The molecule has 1 fully saturated rings. The normalized spacial score (nSPS) is 14.9. The Hall–Kier alpha value is -1.96. The van der Waals surface area contributed by atoms with Crippen molar-refractivity contribution >= 4 is 28.2 Å². The fraction of sp³-hybridized carbons (Fsp3) is 0.524. The largest absolute Gasteiger partial charge is 0.379 e. The molecule has 0 bridgehead atoms. The van der Waals surface area contributed by atoms with Crippen molar-refractivity contribution in [2.45, 2.75) is 26.8 Å². The zero-order valence-corrected chi connectivity index (χ0v) is 17.6. The highest BCUT2D eigenvalue weighted by Crippen LogP contribution is 2.16. The summed E-state index contributed by atoms with van der Waals surface area (Å²) in [5.74, 6) is 0. The highest BCUT2D eigenvalue weighted by atomic mass is 32.1. The van der Waals surface area contributed by atoms with Gasteiger partial charge in [-0.15, -0.1) is 0 Å². The molecular formula is C21H30N4O2S. The molecule has 2 heterocycles. The summed E-state index contributed by atoms with van der Waals surface area (Å²) in [6.07, 6.45) is 0.996. The van der Waals surface area contributed by atoms with Gasteiger partial charge >= 0.3 is 0 Å². The first-order chi connectivity index (χ1) is 13.6. The van der Waals surface area contributed by atoms with E-state index in [0.29, 0.717) is 11.7 Å². The Morgan fingerprint density at radius 3 is 2.89 bits per heavy atom. The van der Waals surface area contributed by atoms with Crippen molar-refractivity contribution in [1.29, 1.82) is 0 Å². The van der Waals surface area contributed by atoms with Gasteiger partial charge in [-0.05, 0) is 49.5 Å². The van der Waals surface area contributed by atoms with E-state index in [1.54, 1.807) is 0 Å². The second-order valence-electron chi connectivity index (χ2n) is 7.23. The number of thiocarbonyl (C=S) groups is 1. The van der Waals surface area contributed by atoms with E-state index >= 15 is 0 Å². The maximum absolute atomic E-state index is 12.7. The summed E-state index contributed by atoms with van der Waals surface area (Å²) in [6.45, 7) is 10.7.